The second kappa shape index (κ2) is 6.13. The number of rotatable bonds is 5. The third-order valence-corrected chi connectivity index (χ3v) is 3.31. The van der Waals surface area contributed by atoms with Gasteiger partial charge in [-0.3, -0.25) is 10.1 Å². The van der Waals surface area contributed by atoms with Gasteiger partial charge in [-0.05, 0) is 25.0 Å². The van der Waals surface area contributed by atoms with Gasteiger partial charge in [0.1, 0.15) is 18.1 Å². The van der Waals surface area contributed by atoms with E-state index in [1.54, 1.807) is 12.1 Å². The second-order valence-corrected chi connectivity index (χ2v) is 5.61. The van der Waals surface area contributed by atoms with E-state index >= 15 is 0 Å². The van der Waals surface area contributed by atoms with E-state index in [1.165, 1.54) is 0 Å². The molecule has 1 aliphatic rings. The molecule has 1 aromatic carbocycles. The lowest BCUT2D eigenvalue weighted by atomic mass is 10.1. The first-order valence-corrected chi connectivity index (χ1v) is 6.97. The number of phenols is 1. The molecule has 0 spiro atoms. The first-order chi connectivity index (χ1) is 9.47. The number of benzene rings is 1. The van der Waals surface area contributed by atoms with Crippen LogP contribution in [0.25, 0.3) is 0 Å². The summed E-state index contributed by atoms with van der Waals surface area (Å²) in [4.78, 5) is 11.9. The largest absolute Gasteiger partial charge is 0.508 e. The van der Waals surface area contributed by atoms with E-state index < -0.39 is 0 Å². The van der Waals surface area contributed by atoms with Gasteiger partial charge in [-0.1, -0.05) is 13.8 Å². The fourth-order valence-corrected chi connectivity index (χ4v) is 2.17. The molecule has 2 atom stereocenters. The van der Waals surface area contributed by atoms with E-state index in [1.807, 2.05) is 13.0 Å². The molecule has 1 heterocycles. The van der Waals surface area contributed by atoms with Crippen molar-refractivity contribution in [3.63, 3.8) is 0 Å². The molecule has 0 fully saturated rings. The Kier molecular flexibility index (Phi) is 4.49. The number of phenolic OH excluding ortho intramolecular Hbond substituents is 1. The minimum Gasteiger partial charge on any atom is -0.508 e. The molecular formula is C15H22N2O3. The van der Waals surface area contributed by atoms with Gasteiger partial charge in [-0.25, -0.2) is 0 Å². The Hall–Kier alpha value is -1.75. The molecule has 2 rings (SSSR count). The smallest absolute Gasteiger partial charge is 0.236 e. The highest BCUT2D eigenvalue weighted by atomic mass is 16.5. The van der Waals surface area contributed by atoms with Crippen molar-refractivity contribution in [3.8, 4) is 11.5 Å². The van der Waals surface area contributed by atoms with Crippen molar-refractivity contribution in [2.45, 2.75) is 32.9 Å². The van der Waals surface area contributed by atoms with Gasteiger partial charge in [-0.2, -0.15) is 0 Å². The van der Waals surface area contributed by atoms with Crippen LogP contribution in [0, 0.1) is 5.92 Å². The van der Waals surface area contributed by atoms with E-state index in [0.29, 0.717) is 24.8 Å². The van der Waals surface area contributed by atoms with Crippen LogP contribution in [0.2, 0.25) is 0 Å². The third-order valence-electron chi connectivity index (χ3n) is 3.31. The Bertz CT molecular complexity index is 488. The molecule has 5 heteroatoms. The summed E-state index contributed by atoms with van der Waals surface area (Å²) in [6, 6.07) is 4.74. The molecule has 1 aliphatic heterocycles. The minimum atomic E-state index is -0.290. The Labute approximate surface area is 119 Å². The van der Waals surface area contributed by atoms with Crippen molar-refractivity contribution >= 4 is 5.91 Å². The van der Waals surface area contributed by atoms with Gasteiger partial charge < -0.3 is 15.2 Å². The third kappa shape index (κ3) is 3.42. The number of carbonyl (C=O) groups is 1. The van der Waals surface area contributed by atoms with Crippen LogP contribution < -0.4 is 15.4 Å². The van der Waals surface area contributed by atoms with Crippen LogP contribution in [0.15, 0.2) is 18.2 Å². The fourth-order valence-electron chi connectivity index (χ4n) is 2.17. The zero-order valence-electron chi connectivity index (χ0n) is 12.1. The lowest BCUT2D eigenvalue weighted by Crippen LogP contribution is -2.44. The van der Waals surface area contributed by atoms with Gasteiger partial charge >= 0.3 is 0 Å². The van der Waals surface area contributed by atoms with Crippen LogP contribution in [0.1, 0.15) is 32.4 Å². The average molecular weight is 278 g/mol. The minimum absolute atomic E-state index is 0.00840. The van der Waals surface area contributed by atoms with Crippen LogP contribution >= 0.6 is 0 Å². The van der Waals surface area contributed by atoms with Crippen molar-refractivity contribution in [2.75, 3.05) is 13.2 Å². The van der Waals surface area contributed by atoms with E-state index in [4.69, 9.17) is 4.74 Å². The summed E-state index contributed by atoms with van der Waals surface area (Å²) in [7, 11) is 0. The highest BCUT2D eigenvalue weighted by Gasteiger charge is 2.27. The van der Waals surface area contributed by atoms with Crippen molar-refractivity contribution in [1.29, 1.82) is 0 Å². The molecule has 20 heavy (non-hydrogen) atoms. The number of aromatic hydroxyl groups is 1. The number of ether oxygens (including phenoxy) is 1. The number of hydrogen-bond donors (Lipinski definition) is 3. The molecule has 3 N–H and O–H groups in total. The molecule has 110 valence electrons. The summed E-state index contributed by atoms with van der Waals surface area (Å²) in [5, 5.41) is 15.6. The molecule has 0 saturated heterocycles. The van der Waals surface area contributed by atoms with Crippen LogP contribution in [-0.4, -0.2) is 30.2 Å². The maximum absolute atomic E-state index is 11.9. The Morgan fingerprint density at radius 3 is 2.90 bits per heavy atom. The SMILES string of the molecule is CC(C)CNC(=O)C(C)NC1COc2cc(O)ccc21. The lowest BCUT2D eigenvalue weighted by molar-refractivity contribution is -0.123. The van der Waals surface area contributed by atoms with E-state index in [2.05, 4.69) is 24.5 Å². The second-order valence-electron chi connectivity index (χ2n) is 5.61. The normalized spacial score (nSPS) is 18.5. The number of hydrogen-bond acceptors (Lipinski definition) is 4. The van der Waals surface area contributed by atoms with Gasteiger partial charge in [0, 0.05) is 18.2 Å². The number of carbonyl (C=O) groups excluding carboxylic acids is 1. The Morgan fingerprint density at radius 2 is 2.20 bits per heavy atom. The van der Waals surface area contributed by atoms with Crippen molar-refractivity contribution in [1.82, 2.24) is 10.6 Å². The molecule has 0 bridgehead atoms. The van der Waals surface area contributed by atoms with Crippen LogP contribution in [-0.2, 0) is 4.79 Å². The molecule has 0 radical (unpaired) electrons. The Morgan fingerprint density at radius 1 is 1.45 bits per heavy atom. The van der Waals surface area contributed by atoms with Crippen LogP contribution in [0.3, 0.4) is 0 Å². The molecule has 1 aromatic rings. The quantitative estimate of drug-likeness (QED) is 0.764. The zero-order chi connectivity index (χ0) is 14.7. The predicted octanol–water partition coefficient (Wildman–Crippen LogP) is 1.58. The zero-order valence-corrected chi connectivity index (χ0v) is 12.1. The van der Waals surface area contributed by atoms with Crippen molar-refractivity contribution < 1.29 is 14.6 Å². The molecular weight excluding hydrogens is 256 g/mol. The average Bonchev–Trinajstić information content (AvgIpc) is 2.78. The monoisotopic (exact) mass is 278 g/mol. The lowest BCUT2D eigenvalue weighted by Gasteiger charge is -2.19. The van der Waals surface area contributed by atoms with Crippen molar-refractivity contribution in [3.05, 3.63) is 23.8 Å². The topological polar surface area (TPSA) is 70.6 Å². The van der Waals surface area contributed by atoms with Gasteiger partial charge in [0.2, 0.25) is 5.91 Å². The molecule has 0 aliphatic carbocycles. The predicted molar refractivity (Wildman–Crippen MR) is 76.8 cm³/mol. The van der Waals surface area contributed by atoms with Crippen LogP contribution in [0.4, 0.5) is 0 Å². The maximum Gasteiger partial charge on any atom is 0.236 e. The summed E-state index contributed by atoms with van der Waals surface area (Å²) in [6.07, 6.45) is 0. The first-order valence-electron chi connectivity index (χ1n) is 6.97. The number of fused-ring (bicyclic) bond motifs is 1. The molecule has 5 nitrogen and oxygen atoms in total. The fraction of sp³-hybridized carbons (Fsp3) is 0.533. The molecule has 1 amide bonds. The summed E-state index contributed by atoms with van der Waals surface area (Å²) < 4.78 is 5.52. The molecule has 0 saturated carbocycles. The summed E-state index contributed by atoms with van der Waals surface area (Å²) >= 11 is 0. The van der Waals surface area contributed by atoms with Crippen LogP contribution in [0.5, 0.6) is 11.5 Å². The van der Waals surface area contributed by atoms with Crippen molar-refractivity contribution in [2.24, 2.45) is 5.92 Å². The molecule has 2 unspecified atom stereocenters. The van der Waals surface area contributed by atoms with Gasteiger partial charge in [0.25, 0.3) is 0 Å². The highest BCUT2D eigenvalue weighted by molar-refractivity contribution is 5.81. The highest BCUT2D eigenvalue weighted by Crippen LogP contribution is 2.34. The first kappa shape index (κ1) is 14.7. The standard InChI is InChI=1S/C15H22N2O3/c1-9(2)7-16-15(19)10(3)17-13-8-20-14-6-11(18)4-5-12(13)14/h4-6,9-10,13,17-18H,7-8H2,1-3H3,(H,16,19). The molecule has 0 aromatic heterocycles. The van der Waals surface area contributed by atoms with E-state index in [0.717, 1.165) is 5.56 Å². The van der Waals surface area contributed by atoms with Gasteiger partial charge in [-0.15, -0.1) is 0 Å². The number of amides is 1. The van der Waals surface area contributed by atoms with E-state index in [9.17, 15) is 9.90 Å². The summed E-state index contributed by atoms with van der Waals surface area (Å²) in [5.74, 6) is 1.29. The summed E-state index contributed by atoms with van der Waals surface area (Å²) in [5.41, 5.74) is 0.978. The summed E-state index contributed by atoms with van der Waals surface area (Å²) in [6.45, 7) is 7.11. The Balaban J connectivity index is 1.93. The van der Waals surface area contributed by atoms with E-state index in [-0.39, 0.29) is 23.7 Å². The number of nitrogens with one attached hydrogen (secondary N) is 2. The van der Waals surface area contributed by atoms with Gasteiger partial charge in [0.15, 0.2) is 0 Å². The van der Waals surface area contributed by atoms with Gasteiger partial charge in [0.05, 0.1) is 12.1 Å². The maximum atomic E-state index is 11.9.